The molecule has 1 aliphatic heterocycles. The van der Waals surface area contributed by atoms with Crippen LogP contribution in [0.3, 0.4) is 0 Å². The third-order valence-electron chi connectivity index (χ3n) is 10.8. The quantitative estimate of drug-likeness (QED) is 0.104. The molecule has 0 saturated carbocycles. The molecule has 5 rings (SSSR count). The van der Waals surface area contributed by atoms with Gasteiger partial charge in [0, 0.05) is 21.5 Å². The lowest BCUT2D eigenvalue weighted by atomic mass is 9.47. The second-order valence-electron chi connectivity index (χ2n) is 15.9. The molecule has 2 bridgehead atoms. The number of ether oxygens (including phenoxy) is 2. The van der Waals surface area contributed by atoms with Crippen molar-refractivity contribution in [1.29, 1.82) is 0 Å². The van der Waals surface area contributed by atoms with Crippen LogP contribution in [-0.4, -0.2) is 35.0 Å². The van der Waals surface area contributed by atoms with E-state index in [1.165, 1.54) is 0 Å². The number of hydrogen-bond donors (Lipinski definition) is 0. The summed E-state index contributed by atoms with van der Waals surface area (Å²) in [6.45, 7) is 17.5. The number of rotatable bonds is 10. The van der Waals surface area contributed by atoms with Gasteiger partial charge in [0.2, 0.25) is 0 Å². The number of ketones is 3. The van der Waals surface area contributed by atoms with E-state index in [0.717, 1.165) is 26.8 Å². The summed E-state index contributed by atoms with van der Waals surface area (Å²) in [5.74, 6) is -2.94. The lowest BCUT2D eigenvalue weighted by Crippen LogP contribution is -2.69. The van der Waals surface area contributed by atoms with Crippen molar-refractivity contribution in [3.8, 4) is 0 Å². The minimum Gasteiger partial charge on any atom is -0.486 e. The fourth-order valence-electron chi connectivity index (χ4n) is 7.98. The Bertz CT molecular complexity index is 1910. The summed E-state index contributed by atoms with van der Waals surface area (Å²) in [6, 6.07) is 15.6. The van der Waals surface area contributed by atoms with Crippen molar-refractivity contribution in [2.45, 2.75) is 99.7 Å². The van der Waals surface area contributed by atoms with Crippen LogP contribution < -0.4 is 0 Å². The van der Waals surface area contributed by atoms with E-state index in [4.69, 9.17) is 9.47 Å². The molecule has 3 aliphatic rings. The normalized spacial score (nSPS) is 27.2. The smallest absolute Gasteiger partial charge is 0.338 e. The first kappa shape index (κ1) is 39.1. The highest BCUT2D eigenvalue weighted by Gasteiger charge is 2.73. The van der Waals surface area contributed by atoms with Crippen LogP contribution in [-0.2, 0) is 19.1 Å². The van der Waals surface area contributed by atoms with Gasteiger partial charge in [-0.3, -0.25) is 14.4 Å². The van der Waals surface area contributed by atoms with Gasteiger partial charge < -0.3 is 9.47 Å². The van der Waals surface area contributed by atoms with Crippen molar-refractivity contribution in [2.24, 2.45) is 22.7 Å². The Labute approximate surface area is 317 Å². The Kier molecular flexibility index (Phi) is 11.4. The molecule has 2 aromatic carbocycles. The monoisotopic (exact) mass is 766 g/mol. The number of benzene rings is 2. The Morgan fingerprint density at radius 3 is 2.08 bits per heavy atom. The highest BCUT2D eigenvalue weighted by atomic mass is 79.9. The highest BCUT2D eigenvalue weighted by Crippen LogP contribution is 2.62. The Morgan fingerprint density at radius 2 is 1.48 bits per heavy atom. The number of carbonyl (C=O) groups excluding carboxylic acids is 4. The number of fused-ring (bicyclic) bond motifs is 1. The van der Waals surface area contributed by atoms with Gasteiger partial charge in [-0.25, -0.2) is 4.79 Å². The summed E-state index contributed by atoms with van der Waals surface area (Å²) >= 11 is 3.44. The maximum absolute atomic E-state index is 16.1. The number of Topliss-reactive ketones (excluding diaryl/α,β-unsaturated/α-hetero) is 3. The van der Waals surface area contributed by atoms with Crippen LogP contribution in [0, 0.1) is 22.7 Å². The van der Waals surface area contributed by atoms with Gasteiger partial charge >= 0.3 is 5.97 Å². The van der Waals surface area contributed by atoms with E-state index in [-0.39, 0.29) is 36.7 Å². The zero-order chi connectivity index (χ0) is 38.2. The zero-order valence-electron chi connectivity index (χ0n) is 31.9. The summed E-state index contributed by atoms with van der Waals surface area (Å²) in [6.07, 6.45) is 8.13. The van der Waals surface area contributed by atoms with Crippen molar-refractivity contribution >= 4 is 39.2 Å². The van der Waals surface area contributed by atoms with Gasteiger partial charge in [0.1, 0.15) is 17.5 Å². The average Bonchev–Trinajstić information content (AvgIpc) is 3.08. The maximum atomic E-state index is 16.1. The molecule has 0 aromatic heterocycles. The van der Waals surface area contributed by atoms with Gasteiger partial charge in [-0.1, -0.05) is 92.9 Å². The first-order valence-corrected chi connectivity index (χ1v) is 18.9. The predicted octanol–water partition coefficient (Wildman–Crippen LogP) is 10.7. The molecule has 7 heteroatoms. The first-order chi connectivity index (χ1) is 24.4. The summed E-state index contributed by atoms with van der Waals surface area (Å²) < 4.78 is 14.2. The topological polar surface area (TPSA) is 86.7 Å². The van der Waals surface area contributed by atoms with Crippen molar-refractivity contribution < 1.29 is 28.7 Å². The van der Waals surface area contributed by atoms with Crippen molar-refractivity contribution in [2.75, 3.05) is 0 Å². The number of halogens is 1. The number of carbonyl (C=O) groups is 4. The van der Waals surface area contributed by atoms with Crippen molar-refractivity contribution in [3.05, 3.63) is 128 Å². The van der Waals surface area contributed by atoms with E-state index in [9.17, 15) is 4.79 Å². The molecule has 0 radical (unpaired) electrons. The van der Waals surface area contributed by atoms with Crippen LogP contribution in [0.15, 0.2) is 117 Å². The average molecular weight is 768 g/mol. The van der Waals surface area contributed by atoms with Gasteiger partial charge in [0.05, 0.1) is 11.0 Å². The number of hydrogen-bond acceptors (Lipinski definition) is 6. The molecule has 0 N–H and O–H groups in total. The Hall–Kier alpha value is -4.10. The summed E-state index contributed by atoms with van der Waals surface area (Å²) in [5.41, 5.74) is 0.187. The lowest BCUT2D eigenvalue weighted by Gasteiger charge is -2.58. The summed E-state index contributed by atoms with van der Waals surface area (Å²) in [5, 5.41) is 0. The predicted molar refractivity (Wildman–Crippen MR) is 209 cm³/mol. The van der Waals surface area contributed by atoms with Gasteiger partial charge in [-0.2, -0.15) is 0 Å². The molecule has 1 fully saturated rings. The fourth-order valence-corrected chi connectivity index (χ4v) is 8.25. The van der Waals surface area contributed by atoms with E-state index < -0.39 is 46.0 Å². The van der Waals surface area contributed by atoms with E-state index in [2.05, 4.69) is 22.0 Å². The lowest BCUT2D eigenvalue weighted by molar-refractivity contribution is -0.180. The third-order valence-corrected chi connectivity index (χ3v) is 11.3. The van der Waals surface area contributed by atoms with Gasteiger partial charge in [-0.05, 0) is 118 Å². The van der Waals surface area contributed by atoms with Gasteiger partial charge in [0.25, 0.3) is 0 Å². The molecule has 0 spiro atoms. The molecule has 5 atom stereocenters. The van der Waals surface area contributed by atoms with Crippen LogP contribution in [0.5, 0.6) is 0 Å². The second kappa shape index (κ2) is 15.1. The minimum absolute atomic E-state index is 0.0828. The standard InChI is InChI=1S/C45H51BrO6/c1-27(2)15-17-33-26-44(24-23-29(5)6)38(48)35(22-16-28(3)4)39-45(42(44)50,37(47)31-13-11-10-12-14-31)36(25-30(33)7)40(43(8,9)52-39)51-41(49)32-18-20-34(46)21-19-32/h10-16,18-21,23,25,33,36,40H,17,22,24,26H2,1-9H3/b30-25-/t33-,36+,40+,44+,45+/m0/s1. The minimum atomic E-state index is -1.99. The number of allylic oxidation sites excluding steroid dienone is 9. The third kappa shape index (κ3) is 7.13. The Balaban J connectivity index is 1.93. The van der Waals surface area contributed by atoms with Crippen LogP contribution in [0.4, 0.5) is 0 Å². The summed E-state index contributed by atoms with van der Waals surface area (Å²) in [7, 11) is 0. The Morgan fingerprint density at radius 1 is 0.865 bits per heavy atom. The molecule has 0 amide bonds. The van der Waals surface area contributed by atoms with E-state index in [1.807, 2.05) is 72.8 Å². The van der Waals surface area contributed by atoms with Gasteiger partial charge in [-0.15, -0.1) is 0 Å². The zero-order valence-corrected chi connectivity index (χ0v) is 33.5. The molecule has 274 valence electrons. The SMILES string of the molecule is CC(C)=CCC1=C2OC(C)(C)[C@H](OC(=O)c3ccc(Br)cc3)[C@H]3/C=C(/C)[C@@H](CC=C(C)C)C[C@](CC=C(C)C)(C1=O)C(=O)[C@]23C(=O)c1ccccc1. The molecule has 2 aromatic rings. The molecule has 1 heterocycles. The maximum Gasteiger partial charge on any atom is 0.338 e. The van der Waals surface area contributed by atoms with Crippen LogP contribution in [0.1, 0.15) is 109 Å². The van der Waals surface area contributed by atoms with E-state index in [1.54, 1.807) is 62.4 Å². The van der Waals surface area contributed by atoms with Crippen molar-refractivity contribution in [3.63, 3.8) is 0 Å². The molecular formula is C45H51BrO6. The number of esters is 1. The second-order valence-corrected chi connectivity index (χ2v) is 16.8. The van der Waals surface area contributed by atoms with Crippen LogP contribution >= 0.6 is 15.9 Å². The largest absolute Gasteiger partial charge is 0.486 e. The molecule has 52 heavy (non-hydrogen) atoms. The summed E-state index contributed by atoms with van der Waals surface area (Å²) in [4.78, 5) is 61.1. The molecule has 6 nitrogen and oxygen atoms in total. The van der Waals surface area contributed by atoms with Crippen molar-refractivity contribution in [1.82, 2.24) is 0 Å². The molecule has 0 unspecified atom stereocenters. The van der Waals surface area contributed by atoms with E-state index >= 15 is 14.4 Å². The molecular weight excluding hydrogens is 716 g/mol. The first-order valence-electron chi connectivity index (χ1n) is 18.1. The van der Waals surface area contributed by atoms with Crippen LogP contribution in [0.2, 0.25) is 0 Å². The highest BCUT2D eigenvalue weighted by molar-refractivity contribution is 9.10. The molecule has 2 aliphatic carbocycles. The molecule has 1 saturated heterocycles. The van der Waals surface area contributed by atoms with Gasteiger partial charge in [0.15, 0.2) is 22.8 Å². The fraction of sp³-hybridized carbons (Fsp3) is 0.422. The van der Waals surface area contributed by atoms with Crippen LogP contribution in [0.25, 0.3) is 0 Å². The van der Waals surface area contributed by atoms with E-state index in [0.29, 0.717) is 23.1 Å².